The minimum absolute atomic E-state index is 0.0843. The average Bonchev–Trinajstić information content (AvgIpc) is 2.02. The van der Waals surface area contributed by atoms with Crippen molar-refractivity contribution in [2.45, 2.75) is 26.2 Å². The summed E-state index contributed by atoms with van der Waals surface area (Å²) in [6.07, 6.45) is 6.45. The fourth-order valence-electron chi connectivity index (χ4n) is 1.45. The number of nitrogens with zero attached hydrogens (tertiary/aromatic N) is 1. The Labute approximate surface area is 78.1 Å². The second-order valence-electron chi connectivity index (χ2n) is 3.41. The molecule has 70 valence electrons. The van der Waals surface area contributed by atoms with Gasteiger partial charge in [0, 0.05) is 25.8 Å². The fourth-order valence-corrected chi connectivity index (χ4v) is 1.45. The van der Waals surface area contributed by atoms with Crippen molar-refractivity contribution in [3.63, 3.8) is 0 Å². The highest BCUT2D eigenvalue weighted by Gasteiger charge is 2.29. The minimum atomic E-state index is -0.0843. The summed E-state index contributed by atoms with van der Waals surface area (Å²) in [6, 6.07) is 0. The van der Waals surface area contributed by atoms with Gasteiger partial charge >= 0.3 is 0 Å². The van der Waals surface area contributed by atoms with Crippen LogP contribution in [-0.2, 0) is 9.59 Å². The third-order valence-corrected chi connectivity index (χ3v) is 2.13. The molecule has 0 saturated carbocycles. The van der Waals surface area contributed by atoms with Crippen molar-refractivity contribution in [2.24, 2.45) is 5.92 Å². The Bertz CT molecular complexity index is 247. The first-order valence-corrected chi connectivity index (χ1v) is 4.41. The van der Waals surface area contributed by atoms with E-state index in [2.05, 4.69) is 5.92 Å². The first-order valence-electron chi connectivity index (χ1n) is 4.41. The molecular formula is C10H13NO2. The first kappa shape index (κ1) is 9.79. The minimum Gasteiger partial charge on any atom is -0.282 e. The highest BCUT2D eigenvalue weighted by molar-refractivity contribution is 5.97. The van der Waals surface area contributed by atoms with E-state index in [-0.39, 0.29) is 17.7 Å². The molecule has 0 unspecified atom stereocenters. The average molecular weight is 179 g/mol. The van der Waals surface area contributed by atoms with Gasteiger partial charge in [0.25, 0.3) is 0 Å². The fraction of sp³-hybridized carbons (Fsp3) is 0.600. The molecule has 13 heavy (non-hydrogen) atoms. The molecule has 1 fully saturated rings. The van der Waals surface area contributed by atoms with Crippen molar-refractivity contribution >= 4 is 11.8 Å². The monoisotopic (exact) mass is 179 g/mol. The largest absolute Gasteiger partial charge is 0.282 e. The van der Waals surface area contributed by atoms with Gasteiger partial charge < -0.3 is 0 Å². The van der Waals surface area contributed by atoms with Gasteiger partial charge in [-0.25, -0.2) is 0 Å². The Balaban J connectivity index is 2.58. The Hall–Kier alpha value is -1.30. The van der Waals surface area contributed by atoms with Gasteiger partial charge in [-0.05, 0) is 5.92 Å². The van der Waals surface area contributed by atoms with Crippen LogP contribution in [0.4, 0.5) is 0 Å². The van der Waals surface area contributed by atoms with E-state index < -0.39 is 0 Å². The Morgan fingerprint density at radius 2 is 2.00 bits per heavy atom. The van der Waals surface area contributed by atoms with E-state index in [1.807, 2.05) is 6.92 Å². The Morgan fingerprint density at radius 3 is 2.46 bits per heavy atom. The van der Waals surface area contributed by atoms with Crippen LogP contribution in [-0.4, -0.2) is 23.3 Å². The van der Waals surface area contributed by atoms with Gasteiger partial charge in [-0.3, -0.25) is 14.5 Å². The SMILES string of the molecule is C#CCCN1C(=O)CC(C)CC1=O. The molecule has 1 aliphatic rings. The van der Waals surface area contributed by atoms with Gasteiger partial charge in [-0.2, -0.15) is 0 Å². The van der Waals surface area contributed by atoms with Crippen LogP contribution in [0.5, 0.6) is 0 Å². The van der Waals surface area contributed by atoms with Crippen molar-refractivity contribution in [3.8, 4) is 12.3 Å². The predicted molar refractivity (Wildman–Crippen MR) is 48.6 cm³/mol. The predicted octanol–water partition coefficient (Wildman–Crippen LogP) is 0.795. The molecule has 0 aromatic heterocycles. The molecule has 3 heteroatoms. The second-order valence-corrected chi connectivity index (χ2v) is 3.41. The van der Waals surface area contributed by atoms with Gasteiger partial charge in [0.1, 0.15) is 0 Å². The van der Waals surface area contributed by atoms with Crippen LogP contribution in [0.15, 0.2) is 0 Å². The highest BCUT2D eigenvalue weighted by Crippen LogP contribution is 2.18. The Kier molecular flexibility index (Phi) is 3.07. The third-order valence-electron chi connectivity index (χ3n) is 2.13. The van der Waals surface area contributed by atoms with Gasteiger partial charge in [0.2, 0.25) is 11.8 Å². The lowest BCUT2D eigenvalue weighted by Gasteiger charge is -2.27. The van der Waals surface area contributed by atoms with E-state index in [9.17, 15) is 9.59 Å². The molecule has 0 N–H and O–H groups in total. The summed E-state index contributed by atoms with van der Waals surface area (Å²) < 4.78 is 0. The second kappa shape index (κ2) is 4.08. The van der Waals surface area contributed by atoms with Crippen molar-refractivity contribution in [2.75, 3.05) is 6.54 Å². The molecule has 2 amide bonds. The van der Waals surface area contributed by atoms with Crippen LogP contribution in [0.2, 0.25) is 0 Å². The zero-order valence-corrected chi connectivity index (χ0v) is 7.75. The van der Waals surface area contributed by atoms with Crippen LogP contribution in [0, 0.1) is 18.3 Å². The van der Waals surface area contributed by atoms with E-state index in [1.165, 1.54) is 4.90 Å². The zero-order chi connectivity index (χ0) is 9.84. The number of piperidine rings is 1. The molecule has 0 aliphatic carbocycles. The molecule has 3 nitrogen and oxygen atoms in total. The summed E-state index contributed by atoms with van der Waals surface area (Å²) in [5, 5.41) is 0. The number of amides is 2. The summed E-state index contributed by atoms with van der Waals surface area (Å²) in [7, 11) is 0. The van der Waals surface area contributed by atoms with Crippen LogP contribution in [0.1, 0.15) is 26.2 Å². The highest BCUT2D eigenvalue weighted by atomic mass is 16.2. The van der Waals surface area contributed by atoms with Gasteiger partial charge in [0.15, 0.2) is 0 Å². The molecular weight excluding hydrogens is 166 g/mol. The summed E-state index contributed by atoms with van der Waals surface area (Å²) >= 11 is 0. The van der Waals surface area contributed by atoms with Crippen LogP contribution in [0.25, 0.3) is 0 Å². The maximum atomic E-state index is 11.4. The van der Waals surface area contributed by atoms with E-state index in [0.717, 1.165) is 0 Å². The number of terminal acetylenes is 1. The molecule has 0 spiro atoms. The maximum absolute atomic E-state index is 11.4. The molecule has 0 aromatic carbocycles. The van der Waals surface area contributed by atoms with Crippen LogP contribution >= 0.6 is 0 Å². The van der Waals surface area contributed by atoms with Gasteiger partial charge in [0.05, 0.1) is 0 Å². The molecule has 0 aromatic rings. The number of rotatable bonds is 2. The third kappa shape index (κ3) is 2.32. The normalized spacial score (nSPS) is 18.9. The van der Waals surface area contributed by atoms with Gasteiger partial charge in [-0.15, -0.1) is 12.3 Å². The number of imide groups is 1. The molecule has 1 saturated heterocycles. The molecule has 0 atom stereocenters. The summed E-state index contributed by atoms with van der Waals surface area (Å²) in [5.74, 6) is 2.44. The molecule has 1 heterocycles. The summed E-state index contributed by atoms with van der Waals surface area (Å²) in [5.41, 5.74) is 0. The molecule has 1 aliphatic heterocycles. The van der Waals surface area contributed by atoms with E-state index in [1.54, 1.807) is 0 Å². The number of carbonyl (C=O) groups is 2. The summed E-state index contributed by atoms with van der Waals surface area (Å²) in [6.45, 7) is 2.29. The number of hydrogen-bond donors (Lipinski definition) is 0. The number of hydrogen-bond acceptors (Lipinski definition) is 2. The van der Waals surface area contributed by atoms with E-state index >= 15 is 0 Å². The lowest BCUT2D eigenvalue weighted by atomic mass is 9.98. The standard InChI is InChI=1S/C10H13NO2/c1-3-4-5-11-9(12)6-8(2)7-10(11)13/h1,8H,4-7H2,2H3. The smallest absolute Gasteiger partial charge is 0.229 e. The summed E-state index contributed by atoms with van der Waals surface area (Å²) in [4.78, 5) is 24.0. The van der Waals surface area contributed by atoms with E-state index in [4.69, 9.17) is 6.42 Å². The lowest BCUT2D eigenvalue weighted by molar-refractivity contribution is -0.149. The quantitative estimate of drug-likeness (QED) is 0.464. The van der Waals surface area contributed by atoms with Crippen LogP contribution < -0.4 is 0 Å². The van der Waals surface area contributed by atoms with Crippen LogP contribution in [0.3, 0.4) is 0 Å². The number of likely N-dealkylation sites (tertiary alicyclic amines) is 1. The van der Waals surface area contributed by atoms with Crippen molar-refractivity contribution in [1.29, 1.82) is 0 Å². The zero-order valence-electron chi connectivity index (χ0n) is 7.75. The lowest BCUT2D eigenvalue weighted by Crippen LogP contribution is -2.43. The molecule has 1 rings (SSSR count). The Morgan fingerprint density at radius 1 is 1.46 bits per heavy atom. The van der Waals surface area contributed by atoms with E-state index in [0.29, 0.717) is 25.8 Å². The molecule has 0 radical (unpaired) electrons. The van der Waals surface area contributed by atoms with Crippen molar-refractivity contribution in [3.05, 3.63) is 0 Å². The van der Waals surface area contributed by atoms with Gasteiger partial charge in [-0.1, -0.05) is 6.92 Å². The topological polar surface area (TPSA) is 37.4 Å². The van der Waals surface area contributed by atoms with Crippen molar-refractivity contribution in [1.82, 2.24) is 4.90 Å². The maximum Gasteiger partial charge on any atom is 0.229 e. The first-order chi connectivity index (χ1) is 6.15. The number of carbonyl (C=O) groups excluding carboxylic acids is 2. The van der Waals surface area contributed by atoms with Crippen molar-refractivity contribution < 1.29 is 9.59 Å². The molecule has 0 bridgehead atoms.